The van der Waals surface area contributed by atoms with Crippen molar-refractivity contribution in [1.29, 1.82) is 0 Å². The maximum absolute atomic E-state index is 12.6. The maximum atomic E-state index is 12.6. The first-order valence-corrected chi connectivity index (χ1v) is 8.49. The molecule has 1 aromatic carbocycles. The topological polar surface area (TPSA) is 41.6 Å². The third-order valence-electron chi connectivity index (χ3n) is 4.53. The van der Waals surface area contributed by atoms with Gasteiger partial charge in [-0.15, -0.1) is 12.4 Å². The largest absolute Gasteiger partial charge is 0.378 e. The predicted molar refractivity (Wildman–Crippen MR) is 94.2 cm³/mol. The van der Waals surface area contributed by atoms with Crippen LogP contribution in [0.25, 0.3) is 0 Å². The highest BCUT2D eigenvalue weighted by Crippen LogP contribution is 2.29. The predicted octanol–water partition coefficient (Wildman–Crippen LogP) is 3.19. The Morgan fingerprint density at radius 1 is 1.39 bits per heavy atom. The molecule has 0 spiro atoms. The van der Waals surface area contributed by atoms with E-state index in [4.69, 9.17) is 16.3 Å². The van der Waals surface area contributed by atoms with Crippen LogP contribution in [-0.4, -0.2) is 43.2 Å². The van der Waals surface area contributed by atoms with Gasteiger partial charge in [0.15, 0.2) is 0 Å². The van der Waals surface area contributed by atoms with E-state index in [0.29, 0.717) is 6.42 Å². The van der Waals surface area contributed by atoms with Gasteiger partial charge in [0, 0.05) is 37.7 Å². The molecule has 2 unspecified atom stereocenters. The molecule has 2 heterocycles. The Balaban J connectivity index is 0.00000192. The van der Waals surface area contributed by atoms with Crippen LogP contribution in [0.5, 0.6) is 0 Å². The van der Waals surface area contributed by atoms with Gasteiger partial charge in [0.05, 0.1) is 12.1 Å². The van der Waals surface area contributed by atoms with E-state index in [1.165, 1.54) is 0 Å². The summed E-state index contributed by atoms with van der Waals surface area (Å²) in [5, 5.41) is 4.10. The monoisotopic (exact) mass is 358 g/mol. The van der Waals surface area contributed by atoms with Crippen LogP contribution < -0.4 is 5.32 Å². The molecule has 3 rings (SSSR count). The van der Waals surface area contributed by atoms with Crippen molar-refractivity contribution in [2.75, 3.05) is 26.2 Å². The molecule has 0 bridgehead atoms. The number of hydrogen-bond donors (Lipinski definition) is 1. The summed E-state index contributed by atoms with van der Waals surface area (Å²) < 4.78 is 5.62. The van der Waals surface area contributed by atoms with E-state index in [9.17, 15) is 4.79 Å². The lowest BCUT2D eigenvalue weighted by Gasteiger charge is -2.37. The highest BCUT2D eigenvalue weighted by atomic mass is 35.5. The molecule has 1 aromatic rings. The Kier molecular flexibility index (Phi) is 7.15. The average molecular weight is 359 g/mol. The molecule has 0 aliphatic carbocycles. The minimum absolute atomic E-state index is 0. The van der Waals surface area contributed by atoms with Crippen molar-refractivity contribution in [2.24, 2.45) is 0 Å². The van der Waals surface area contributed by atoms with Crippen LogP contribution in [0.4, 0.5) is 0 Å². The number of amides is 1. The number of hydrogen-bond acceptors (Lipinski definition) is 3. The number of carbonyl (C=O) groups is 1. The molecule has 2 atom stereocenters. The number of benzene rings is 1. The lowest BCUT2D eigenvalue weighted by atomic mass is 10.0. The fourth-order valence-electron chi connectivity index (χ4n) is 3.33. The second-order valence-electron chi connectivity index (χ2n) is 6.00. The average Bonchev–Trinajstić information content (AvgIpc) is 3.06. The summed E-state index contributed by atoms with van der Waals surface area (Å²) in [6.45, 7) is 3.18. The molecule has 2 aliphatic rings. The first kappa shape index (κ1) is 18.5. The maximum Gasteiger partial charge on any atom is 0.223 e. The lowest BCUT2D eigenvalue weighted by Crippen LogP contribution is -2.48. The fraction of sp³-hybridized carbons (Fsp3) is 0.588. The third kappa shape index (κ3) is 4.60. The Hall–Kier alpha value is -0.810. The molecule has 23 heavy (non-hydrogen) atoms. The van der Waals surface area contributed by atoms with E-state index >= 15 is 0 Å². The molecule has 4 nitrogen and oxygen atoms in total. The first-order chi connectivity index (χ1) is 10.8. The van der Waals surface area contributed by atoms with E-state index in [1.807, 2.05) is 29.2 Å². The van der Waals surface area contributed by atoms with E-state index in [0.717, 1.165) is 56.1 Å². The van der Waals surface area contributed by atoms with E-state index in [1.54, 1.807) is 0 Å². The van der Waals surface area contributed by atoms with Crippen molar-refractivity contribution in [3.05, 3.63) is 34.9 Å². The minimum Gasteiger partial charge on any atom is -0.378 e. The van der Waals surface area contributed by atoms with Gasteiger partial charge in [0.2, 0.25) is 5.91 Å². The SMILES string of the molecule is Cl.O=C(CCC1CCCO1)N1CCNCC1c1ccccc1Cl. The third-order valence-corrected chi connectivity index (χ3v) is 4.88. The van der Waals surface area contributed by atoms with Gasteiger partial charge in [-0.1, -0.05) is 29.8 Å². The second kappa shape index (κ2) is 8.88. The zero-order chi connectivity index (χ0) is 15.4. The molecule has 0 aromatic heterocycles. The molecular weight excluding hydrogens is 335 g/mol. The van der Waals surface area contributed by atoms with Crippen LogP contribution in [0.2, 0.25) is 5.02 Å². The summed E-state index contributed by atoms with van der Waals surface area (Å²) in [5.74, 6) is 0.210. The summed E-state index contributed by atoms with van der Waals surface area (Å²) in [7, 11) is 0. The number of piperazine rings is 1. The Bertz CT molecular complexity index is 521. The van der Waals surface area contributed by atoms with Crippen LogP contribution in [0, 0.1) is 0 Å². The lowest BCUT2D eigenvalue weighted by molar-refractivity contribution is -0.135. The smallest absolute Gasteiger partial charge is 0.223 e. The van der Waals surface area contributed by atoms with Gasteiger partial charge < -0.3 is 15.0 Å². The summed E-state index contributed by atoms with van der Waals surface area (Å²) in [5.41, 5.74) is 1.03. The van der Waals surface area contributed by atoms with Gasteiger partial charge in [0.1, 0.15) is 0 Å². The number of nitrogens with zero attached hydrogens (tertiary/aromatic N) is 1. The molecule has 2 fully saturated rings. The van der Waals surface area contributed by atoms with Crippen molar-refractivity contribution in [3.63, 3.8) is 0 Å². The number of nitrogens with one attached hydrogen (secondary N) is 1. The number of halogens is 2. The van der Waals surface area contributed by atoms with Gasteiger partial charge in [-0.3, -0.25) is 4.79 Å². The van der Waals surface area contributed by atoms with Crippen molar-refractivity contribution in [2.45, 2.75) is 37.8 Å². The van der Waals surface area contributed by atoms with Gasteiger partial charge in [-0.05, 0) is 30.9 Å². The Labute approximate surface area is 148 Å². The van der Waals surface area contributed by atoms with E-state index in [2.05, 4.69) is 5.32 Å². The number of carbonyl (C=O) groups excluding carboxylic acids is 1. The molecular formula is C17H24Cl2N2O2. The number of ether oxygens (including phenoxy) is 1. The summed E-state index contributed by atoms with van der Waals surface area (Å²) in [4.78, 5) is 14.6. The molecule has 1 amide bonds. The van der Waals surface area contributed by atoms with Crippen LogP contribution in [0.1, 0.15) is 37.3 Å². The van der Waals surface area contributed by atoms with Crippen molar-refractivity contribution in [3.8, 4) is 0 Å². The standard InChI is InChI=1S/C17H23ClN2O2.ClH/c18-15-6-2-1-5-14(15)16-12-19-9-10-20(16)17(21)8-7-13-4-3-11-22-13;/h1-2,5-6,13,16,19H,3-4,7-12H2;1H. The van der Waals surface area contributed by atoms with Gasteiger partial charge in [-0.25, -0.2) is 0 Å². The van der Waals surface area contributed by atoms with Crippen LogP contribution in [-0.2, 0) is 9.53 Å². The zero-order valence-electron chi connectivity index (χ0n) is 13.2. The Morgan fingerprint density at radius 3 is 2.96 bits per heavy atom. The van der Waals surface area contributed by atoms with Gasteiger partial charge >= 0.3 is 0 Å². The molecule has 1 N–H and O–H groups in total. The summed E-state index contributed by atoms with van der Waals surface area (Å²) in [6, 6.07) is 7.83. The highest BCUT2D eigenvalue weighted by molar-refractivity contribution is 6.31. The molecule has 6 heteroatoms. The minimum atomic E-state index is 0. The summed E-state index contributed by atoms with van der Waals surface area (Å²) >= 11 is 6.32. The Morgan fingerprint density at radius 2 is 2.22 bits per heavy atom. The highest BCUT2D eigenvalue weighted by Gasteiger charge is 2.29. The molecule has 2 aliphatic heterocycles. The van der Waals surface area contributed by atoms with Gasteiger partial charge in [-0.2, -0.15) is 0 Å². The van der Waals surface area contributed by atoms with Crippen LogP contribution in [0.15, 0.2) is 24.3 Å². The fourth-order valence-corrected chi connectivity index (χ4v) is 3.59. The van der Waals surface area contributed by atoms with Crippen molar-refractivity contribution >= 4 is 29.9 Å². The van der Waals surface area contributed by atoms with Gasteiger partial charge in [0.25, 0.3) is 0 Å². The van der Waals surface area contributed by atoms with Crippen LogP contribution in [0.3, 0.4) is 0 Å². The van der Waals surface area contributed by atoms with E-state index < -0.39 is 0 Å². The molecule has 2 saturated heterocycles. The normalized spacial score (nSPS) is 24.3. The molecule has 0 radical (unpaired) electrons. The van der Waals surface area contributed by atoms with Crippen LogP contribution >= 0.6 is 24.0 Å². The molecule has 128 valence electrons. The second-order valence-corrected chi connectivity index (χ2v) is 6.41. The number of rotatable bonds is 4. The molecule has 0 saturated carbocycles. The van der Waals surface area contributed by atoms with Crippen molar-refractivity contribution in [1.82, 2.24) is 10.2 Å². The van der Waals surface area contributed by atoms with E-state index in [-0.39, 0.29) is 30.5 Å². The zero-order valence-corrected chi connectivity index (χ0v) is 14.7. The van der Waals surface area contributed by atoms with Crippen molar-refractivity contribution < 1.29 is 9.53 Å². The first-order valence-electron chi connectivity index (χ1n) is 8.12. The quantitative estimate of drug-likeness (QED) is 0.898. The summed E-state index contributed by atoms with van der Waals surface area (Å²) in [6.07, 6.45) is 3.87.